The molecule has 4 nitrogen and oxygen atoms in total. The molecule has 0 aliphatic heterocycles. The first-order valence-corrected chi connectivity index (χ1v) is 7.07. The maximum atomic E-state index is 12.3. The van der Waals surface area contributed by atoms with Gasteiger partial charge in [-0.15, -0.1) is 0 Å². The molecule has 2 rings (SSSR count). The summed E-state index contributed by atoms with van der Waals surface area (Å²) >= 11 is 0. The molecule has 0 heterocycles. The van der Waals surface area contributed by atoms with Crippen molar-refractivity contribution in [1.82, 2.24) is 5.32 Å². The summed E-state index contributed by atoms with van der Waals surface area (Å²) < 4.78 is 0. The number of hydrogen-bond donors (Lipinski definition) is 2. The molecule has 0 bridgehead atoms. The number of aromatic hydroxyl groups is 1. The molecule has 0 unspecified atom stereocenters. The van der Waals surface area contributed by atoms with Crippen LogP contribution >= 0.6 is 0 Å². The maximum Gasteiger partial charge on any atom is 0.322 e. The molecular weight excluding hydrogens is 240 g/mol. The Hall–Kier alpha value is -1.71. The molecule has 0 radical (unpaired) electrons. The maximum absolute atomic E-state index is 12.3. The van der Waals surface area contributed by atoms with Crippen molar-refractivity contribution in [1.29, 1.82) is 0 Å². The highest BCUT2D eigenvalue weighted by Crippen LogP contribution is 2.21. The van der Waals surface area contributed by atoms with E-state index in [9.17, 15) is 9.90 Å². The Morgan fingerprint density at radius 2 is 2.11 bits per heavy atom. The van der Waals surface area contributed by atoms with Crippen LogP contribution in [0.15, 0.2) is 24.3 Å². The molecule has 1 aliphatic carbocycles. The van der Waals surface area contributed by atoms with Crippen LogP contribution in [0.3, 0.4) is 0 Å². The van der Waals surface area contributed by atoms with E-state index in [1.54, 1.807) is 23.1 Å². The van der Waals surface area contributed by atoms with Gasteiger partial charge >= 0.3 is 6.03 Å². The number of urea groups is 1. The van der Waals surface area contributed by atoms with Gasteiger partial charge < -0.3 is 10.4 Å². The first-order chi connectivity index (χ1) is 9.20. The predicted molar refractivity (Wildman–Crippen MR) is 76.5 cm³/mol. The second-order valence-corrected chi connectivity index (χ2v) is 5.05. The Morgan fingerprint density at radius 1 is 1.37 bits per heavy atom. The van der Waals surface area contributed by atoms with Crippen molar-refractivity contribution in [3.8, 4) is 5.75 Å². The minimum absolute atomic E-state index is 0.0694. The number of nitrogens with one attached hydrogen (secondary N) is 1. The number of hydrogen-bond acceptors (Lipinski definition) is 2. The predicted octanol–water partition coefficient (Wildman–Crippen LogP) is 3.26. The van der Waals surface area contributed by atoms with E-state index in [1.807, 2.05) is 13.0 Å². The van der Waals surface area contributed by atoms with Crippen molar-refractivity contribution in [2.24, 2.45) is 0 Å². The second kappa shape index (κ2) is 6.45. The van der Waals surface area contributed by atoms with Crippen LogP contribution in [-0.2, 0) is 0 Å². The third kappa shape index (κ3) is 3.63. The number of rotatable bonds is 3. The van der Waals surface area contributed by atoms with Crippen LogP contribution in [0.4, 0.5) is 10.5 Å². The number of amides is 2. The summed E-state index contributed by atoms with van der Waals surface area (Å²) in [5.74, 6) is 0.182. The number of carbonyl (C=O) groups excluding carboxylic acids is 1. The van der Waals surface area contributed by atoms with Crippen LogP contribution in [-0.4, -0.2) is 23.7 Å². The minimum atomic E-state index is -0.0694. The molecule has 4 heteroatoms. The van der Waals surface area contributed by atoms with Crippen LogP contribution in [0.1, 0.15) is 39.0 Å². The normalized spacial score (nSPS) is 16.1. The summed E-state index contributed by atoms with van der Waals surface area (Å²) in [4.78, 5) is 13.9. The highest BCUT2D eigenvalue weighted by molar-refractivity contribution is 5.92. The summed E-state index contributed by atoms with van der Waals surface area (Å²) in [6, 6.07) is 7.04. The average molecular weight is 262 g/mol. The molecule has 104 valence electrons. The number of carbonyl (C=O) groups is 1. The Morgan fingerprint density at radius 3 is 2.74 bits per heavy atom. The van der Waals surface area contributed by atoms with Gasteiger partial charge in [0.25, 0.3) is 0 Å². The van der Waals surface area contributed by atoms with Gasteiger partial charge in [-0.2, -0.15) is 0 Å². The number of phenols is 1. The summed E-state index contributed by atoms with van der Waals surface area (Å²) in [7, 11) is 0. The molecule has 19 heavy (non-hydrogen) atoms. The van der Waals surface area contributed by atoms with E-state index in [-0.39, 0.29) is 11.8 Å². The zero-order valence-electron chi connectivity index (χ0n) is 11.4. The molecule has 0 spiro atoms. The summed E-state index contributed by atoms with van der Waals surface area (Å²) in [6.07, 6.45) is 5.81. The molecule has 1 aromatic rings. The van der Waals surface area contributed by atoms with E-state index in [0.717, 1.165) is 18.5 Å². The molecule has 1 fully saturated rings. The zero-order valence-corrected chi connectivity index (χ0v) is 11.4. The lowest BCUT2D eigenvalue weighted by Crippen LogP contribution is -2.45. The van der Waals surface area contributed by atoms with Crippen LogP contribution in [0.2, 0.25) is 0 Å². The standard InChI is InChI=1S/C15H22N2O2/c1-2-17(13-9-6-10-14(18)11-13)15(19)16-12-7-4-3-5-8-12/h6,9-12,18H,2-5,7-8H2,1H3,(H,16,19). The lowest BCUT2D eigenvalue weighted by molar-refractivity contribution is 0.238. The van der Waals surface area contributed by atoms with E-state index < -0.39 is 0 Å². The van der Waals surface area contributed by atoms with Gasteiger partial charge in [0.15, 0.2) is 0 Å². The highest BCUT2D eigenvalue weighted by Gasteiger charge is 2.20. The lowest BCUT2D eigenvalue weighted by Gasteiger charge is -2.27. The van der Waals surface area contributed by atoms with Crippen LogP contribution in [0, 0.1) is 0 Å². The first-order valence-electron chi connectivity index (χ1n) is 7.07. The quantitative estimate of drug-likeness (QED) is 0.878. The minimum Gasteiger partial charge on any atom is -0.508 e. The van der Waals surface area contributed by atoms with Gasteiger partial charge in [-0.05, 0) is 31.9 Å². The average Bonchev–Trinajstić information content (AvgIpc) is 2.41. The molecule has 1 saturated carbocycles. The molecule has 1 aliphatic rings. The molecule has 0 atom stereocenters. The van der Waals surface area contributed by atoms with Gasteiger partial charge in [-0.25, -0.2) is 4.79 Å². The molecule has 2 amide bonds. The van der Waals surface area contributed by atoms with Gasteiger partial charge in [0.05, 0.1) is 0 Å². The van der Waals surface area contributed by atoms with E-state index in [4.69, 9.17) is 0 Å². The van der Waals surface area contributed by atoms with E-state index in [0.29, 0.717) is 12.6 Å². The fourth-order valence-electron chi connectivity index (χ4n) is 2.60. The van der Waals surface area contributed by atoms with E-state index >= 15 is 0 Å². The Kier molecular flexibility index (Phi) is 4.66. The number of anilines is 1. The topological polar surface area (TPSA) is 52.6 Å². The zero-order chi connectivity index (χ0) is 13.7. The number of benzene rings is 1. The lowest BCUT2D eigenvalue weighted by atomic mass is 9.96. The van der Waals surface area contributed by atoms with Gasteiger partial charge in [0.2, 0.25) is 0 Å². The largest absolute Gasteiger partial charge is 0.508 e. The Labute approximate surface area is 114 Å². The summed E-state index contributed by atoms with van der Waals surface area (Å²) in [5.41, 5.74) is 0.732. The van der Waals surface area contributed by atoms with E-state index in [2.05, 4.69) is 5.32 Å². The smallest absolute Gasteiger partial charge is 0.322 e. The Bertz CT molecular complexity index is 428. The molecule has 1 aromatic carbocycles. The number of nitrogens with zero attached hydrogens (tertiary/aromatic N) is 1. The fraction of sp³-hybridized carbons (Fsp3) is 0.533. The van der Waals surface area contributed by atoms with Crippen LogP contribution in [0.5, 0.6) is 5.75 Å². The van der Waals surface area contributed by atoms with E-state index in [1.165, 1.54) is 19.3 Å². The van der Waals surface area contributed by atoms with Crippen LogP contribution < -0.4 is 10.2 Å². The highest BCUT2D eigenvalue weighted by atomic mass is 16.3. The van der Waals surface area contributed by atoms with Gasteiger partial charge in [0, 0.05) is 24.3 Å². The monoisotopic (exact) mass is 262 g/mol. The van der Waals surface area contributed by atoms with Crippen LogP contribution in [0.25, 0.3) is 0 Å². The van der Waals surface area contributed by atoms with Crippen molar-refractivity contribution in [3.05, 3.63) is 24.3 Å². The van der Waals surface area contributed by atoms with Gasteiger partial charge in [-0.1, -0.05) is 25.3 Å². The second-order valence-electron chi connectivity index (χ2n) is 5.05. The summed E-state index contributed by atoms with van der Waals surface area (Å²) in [5, 5.41) is 12.6. The van der Waals surface area contributed by atoms with Crippen molar-refractivity contribution < 1.29 is 9.90 Å². The SMILES string of the molecule is CCN(C(=O)NC1CCCCC1)c1cccc(O)c1. The third-order valence-electron chi connectivity index (χ3n) is 3.64. The van der Waals surface area contributed by atoms with Crippen molar-refractivity contribution >= 4 is 11.7 Å². The molecule has 0 saturated heterocycles. The van der Waals surface area contributed by atoms with Gasteiger partial charge in [0.1, 0.15) is 5.75 Å². The van der Waals surface area contributed by atoms with Crippen molar-refractivity contribution in [3.63, 3.8) is 0 Å². The first kappa shape index (κ1) is 13.7. The Balaban J connectivity index is 2.02. The van der Waals surface area contributed by atoms with Crippen molar-refractivity contribution in [2.75, 3.05) is 11.4 Å². The molecule has 0 aromatic heterocycles. The van der Waals surface area contributed by atoms with Gasteiger partial charge in [-0.3, -0.25) is 4.90 Å². The molecule has 2 N–H and O–H groups in total. The summed E-state index contributed by atoms with van der Waals surface area (Å²) in [6.45, 7) is 2.52. The third-order valence-corrected chi connectivity index (χ3v) is 3.64. The molecular formula is C15H22N2O2. The number of phenolic OH excluding ortho intramolecular Hbond substituents is 1. The van der Waals surface area contributed by atoms with Crippen molar-refractivity contribution in [2.45, 2.75) is 45.1 Å². The fourth-order valence-corrected chi connectivity index (χ4v) is 2.60.